The van der Waals surface area contributed by atoms with Gasteiger partial charge in [0.05, 0.1) is 12.0 Å². The summed E-state index contributed by atoms with van der Waals surface area (Å²) in [7, 11) is 0. The third-order valence-electron chi connectivity index (χ3n) is 7.46. The van der Waals surface area contributed by atoms with Crippen LogP contribution in [0.4, 0.5) is 8.78 Å². The molecule has 0 aromatic rings. The minimum atomic E-state index is -2.87. The van der Waals surface area contributed by atoms with Crippen LogP contribution in [0.25, 0.3) is 0 Å². The highest BCUT2D eigenvalue weighted by atomic mass is 19.3. The fourth-order valence-electron chi connectivity index (χ4n) is 5.93. The van der Waals surface area contributed by atoms with E-state index in [1.165, 1.54) is 32.1 Å². The first-order valence-electron chi connectivity index (χ1n) is 11.2. The Kier molecular flexibility index (Phi) is 7.16. The lowest BCUT2D eigenvalue weighted by Crippen LogP contribution is -2.61. The molecule has 3 aliphatic rings. The number of rotatable bonds is 7. The van der Waals surface area contributed by atoms with Crippen LogP contribution in [0, 0.1) is 29.6 Å². The Morgan fingerprint density at radius 2 is 1.46 bits per heavy atom. The van der Waals surface area contributed by atoms with Crippen LogP contribution in [0.5, 0.6) is 0 Å². The van der Waals surface area contributed by atoms with Gasteiger partial charge >= 0.3 is 6.11 Å². The number of allylic oxidation sites excluding steroid dienone is 2. The van der Waals surface area contributed by atoms with Crippen LogP contribution < -0.4 is 0 Å². The molecule has 26 heavy (non-hydrogen) atoms. The van der Waals surface area contributed by atoms with Crippen molar-refractivity contribution in [3.05, 3.63) is 12.2 Å². The summed E-state index contributed by atoms with van der Waals surface area (Å²) < 4.78 is 33.8. The molecule has 1 nitrogen and oxygen atoms in total. The molecule has 3 rings (SSSR count). The zero-order valence-electron chi connectivity index (χ0n) is 16.8. The molecule has 2 aliphatic carbocycles. The molecule has 2 atom stereocenters. The average molecular weight is 369 g/mol. The summed E-state index contributed by atoms with van der Waals surface area (Å²) >= 11 is 0. The van der Waals surface area contributed by atoms with Gasteiger partial charge in [0.25, 0.3) is 0 Å². The largest absolute Gasteiger partial charge is 0.361 e. The first kappa shape index (κ1) is 20.3. The summed E-state index contributed by atoms with van der Waals surface area (Å²) in [5.74, 6) is 1.60. The van der Waals surface area contributed by atoms with Gasteiger partial charge < -0.3 is 4.74 Å². The van der Waals surface area contributed by atoms with Gasteiger partial charge in [-0.15, -0.1) is 0 Å². The van der Waals surface area contributed by atoms with Crippen LogP contribution >= 0.6 is 0 Å². The quantitative estimate of drug-likeness (QED) is 0.426. The van der Waals surface area contributed by atoms with Crippen LogP contribution in [0.1, 0.15) is 90.9 Å². The van der Waals surface area contributed by atoms with Gasteiger partial charge in [-0.3, -0.25) is 0 Å². The Balaban J connectivity index is 1.50. The third-order valence-corrected chi connectivity index (χ3v) is 7.46. The summed E-state index contributed by atoms with van der Waals surface area (Å²) in [5.41, 5.74) is 0. The van der Waals surface area contributed by atoms with Crippen LogP contribution in [0.3, 0.4) is 0 Å². The average Bonchev–Trinajstić information content (AvgIpc) is 2.63. The number of ether oxygens (including phenoxy) is 1. The van der Waals surface area contributed by atoms with Gasteiger partial charge in [-0.1, -0.05) is 57.6 Å². The number of hydrogen-bond donors (Lipinski definition) is 0. The Morgan fingerprint density at radius 3 is 2.00 bits per heavy atom. The van der Waals surface area contributed by atoms with Gasteiger partial charge in [-0.05, 0) is 69.1 Å². The monoisotopic (exact) mass is 368 g/mol. The predicted molar refractivity (Wildman–Crippen MR) is 103 cm³/mol. The molecule has 1 saturated heterocycles. The highest BCUT2D eigenvalue weighted by Crippen LogP contribution is 2.55. The minimum absolute atomic E-state index is 0.169. The molecular weight excluding hydrogens is 330 g/mol. The second-order valence-electron chi connectivity index (χ2n) is 9.17. The van der Waals surface area contributed by atoms with E-state index in [0.29, 0.717) is 5.92 Å². The molecule has 0 N–H and O–H groups in total. The van der Waals surface area contributed by atoms with Crippen molar-refractivity contribution in [1.82, 2.24) is 0 Å². The van der Waals surface area contributed by atoms with Gasteiger partial charge in [0.2, 0.25) is 0 Å². The SMILES string of the molecule is C/C=C/CCC1CCC([C@H]2[C@H](C3CCC(CCC)CC3)OC2(F)F)CC1. The zero-order valence-corrected chi connectivity index (χ0v) is 16.8. The molecule has 0 spiro atoms. The molecule has 0 bridgehead atoms. The molecule has 0 unspecified atom stereocenters. The fourth-order valence-corrected chi connectivity index (χ4v) is 5.93. The Morgan fingerprint density at radius 1 is 0.885 bits per heavy atom. The van der Waals surface area contributed by atoms with E-state index in [1.54, 1.807) is 0 Å². The highest BCUT2D eigenvalue weighted by Gasteiger charge is 2.62. The zero-order chi connectivity index (χ0) is 18.6. The van der Waals surface area contributed by atoms with Crippen LogP contribution in [-0.4, -0.2) is 12.2 Å². The van der Waals surface area contributed by atoms with Crippen molar-refractivity contribution in [2.45, 2.75) is 103 Å². The van der Waals surface area contributed by atoms with E-state index in [9.17, 15) is 8.78 Å². The van der Waals surface area contributed by atoms with Crippen LogP contribution in [-0.2, 0) is 4.74 Å². The topological polar surface area (TPSA) is 9.23 Å². The number of halogens is 2. The molecule has 3 heteroatoms. The standard InChI is InChI=1S/C23H38F2O/c1-3-5-6-8-18-9-13-19(14-10-18)21-22(26-23(21,24)25)20-15-11-17(7-4-2)12-16-20/h3,5,17-22H,4,6-16H2,1-2H3/b5-3+/t17?,18?,19?,20?,21-,22-/m0/s1. The Labute approximate surface area is 159 Å². The first-order chi connectivity index (χ1) is 12.5. The molecule has 1 aliphatic heterocycles. The number of alkyl halides is 2. The predicted octanol–water partition coefficient (Wildman–Crippen LogP) is 7.36. The van der Waals surface area contributed by atoms with Crippen molar-refractivity contribution in [3.8, 4) is 0 Å². The summed E-state index contributed by atoms with van der Waals surface area (Å²) in [6.07, 6.45) is 15.0. The van der Waals surface area contributed by atoms with E-state index in [2.05, 4.69) is 26.0 Å². The van der Waals surface area contributed by atoms with Gasteiger partial charge in [-0.2, -0.15) is 8.78 Å². The third kappa shape index (κ3) is 4.69. The van der Waals surface area contributed by atoms with E-state index in [1.807, 2.05) is 0 Å². The molecule has 1 heterocycles. The summed E-state index contributed by atoms with van der Waals surface area (Å²) in [5, 5.41) is 0. The molecular formula is C23H38F2O. The number of hydrogen-bond acceptors (Lipinski definition) is 1. The maximum Gasteiger partial charge on any atom is 0.361 e. The molecule has 0 radical (unpaired) electrons. The molecule has 0 amide bonds. The highest BCUT2D eigenvalue weighted by molar-refractivity contribution is 4.98. The second-order valence-corrected chi connectivity index (χ2v) is 9.17. The fraction of sp³-hybridized carbons (Fsp3) is 0.913. The first-order valence-corrected chi connectivity index (χ1v) is 11.2. The lowest BCUT2D eigenvalue weighted by atomic mass is 9.65. The maximum atomic E-state index is 14.3. The van der Waals surface area contributed by atoms with Gasteiger partial charge in [0.15, 0.2) is 0 Å². The minimum Gasteiger partial charge on any atom is -0.316 e. The smallest absolute Gasteiger partial charge is 0.316 e. The molecule has 150 valence electrons. The lowest BCUT2D eigenvalue weighted by Gasteiger charge is -2.53. The van der Waals surface area contributed by atoms with Crippen LogP contribution in [0.2, 0.25) is 0 Å². The molecule has 3 fully saturated rings. The van der Waals surface area contributed by atoms with Crippen molar-refractivity contribution >= 4 is 0 Å². The molecule has 0 aromatic carbocycles. The molecule has 0 aromatic heterocycles. The van der Waals surface area contributed by atoms with Gasteiger partial charge in [0.1, 0.15) is 0 Å². The van der Waals surface area contributed by atoms with Crippen molar-refractivity contribution in [1.29, 1.82) is 0 Å². The van der Waals surface area contributed by atoms with Crippen LogP contribution in [0.15, 0.2) is 12.2 Å². The maximum absolute atomic E-state index is 14.3. The second kappa shape index (κ2) is 9.17. The summed E-state index contributed by atoms with van der Waals surface area (Å²) in [6, 6.07) is 0. The van der Waals surface area contributed by atoms with Crippen molar-refractivity contribution in [3.63, 3.8) is 0 Å². The van der Waals surface area contributed by atoms with E-state index in [-0.39, 0.29) is 12.0 Å². The Hall–Kier alpha value is -0.440. The van der Waals surface area contributed by atoms with Gasteiger partial charge in [-0.25, -0.2) is 0 Å². The normalized spacial score (nSPS) is 40.5. The van der Waals surface area contributed by atoms with Gasteiger partial charge in [0, 0.05) is 0 Å². The van der Waals surface area contributed by atoms with Crippen molar-refractivity contribution < 1.29 is 13.5 Å². The Bertz CT molecular complexity index is 445. The van der Waals surface area contributed by atoms with E-state index in [0.717, 1.165) is 56.8 Å². The van der Waals surface area contributed by atoms with E-state index < -0.39 is 12.0 Å². The van der Waals surface area contributed by atoms with E-state index >= 15 is 0 Å². The lowest BCUT2D eigenvalue weighted by molar-refractivity contribution is -0.418. The van der Waals surface area contributed by atoms with Crippen molar-refractivity contribution in [2.24, 2.45) is 29.6 Å². The van der Waals surface area contributed by atoms with E-state index in [4.69, 9.17) is 4.74 Å². The van der Waals surface area contributed by atoms with Crippen molar-refractivity contribution in [2.75, 3.05) is 0 Å². The summed E-state index contributed by atoms with van der Waals surface area (Å²) in [6.45, 7) is 4.30. The molecule has 2 saturated carbocycles. The summed E-state index contributed by atoms with van der Waals surface area (Å²) in [4.78, 5) is 0.